The van der Waals surface area contributed by atoms with Crippen LogP contribution < -0.4 is 0 Å². The maximum absolute atomic E-state index is 12.2. The van der Waals surface area contributed by atoms with Gasteiger partial charge in [-0.3, -0.25) is 0 Å². The van der Waals surface area contributed by atoms with Gasteiger partial charge in [-0.15, -0.1) is 0 Å². The molecule has 4 aliphatic rings. The van der Waals surface area contributed by atoms with Crippen LogP contribution in [0.1, 0.15) is 66.2 Å². The first-order valence-electron chi connectivity index (χ1n) is 7.69. The minimum Gasteiger partial charge on any atom is -0.456 e. The van der Waals surface area contributed by atoms with E-state index in [1.54, 1.807) is 13.0 Å². The summed E-state index contributed by atoms with van der Waals surface area (Å²) in [5.74, 6) is -0.217. The van der Waals surface area contributed by atoms with Crippen LogP contribution in [0, 0.1) is 10.8 Å². The molecule has 0 heterocycles. The van der Waals surface area contributed by atoms with E-state index in [9.17, 15) is 9.90 Å². The first-order chi connectivity index (χ1) is 9.11. The van der Waals surface area contributed by atoms with Crippen molar-refractivity contribution in [1.82, 2.24) is 0 Å². The lowest BCUT2D eigenvalue weighted by Gasteiger charge is -2.67. The number of allylic oxidation sites excluding steroid dienone is 1. The van der Waals surface area contributed by atoms with Gasteiger partial charge in [0.05, 0.1) is 5.60 Å². The molecule has 4 fully saturated rings. The fourth-order valence-corrected chi connectivity index (χ4v) is 6.03. The van der Waals surface area contributed by atoms with Gasteiger partial charge in [0.1, 0.15) is 5.60 Å². The Morgan fingerprint density at radius 2 is 1.60 bits per heavy atom. The van der Waals surface area contributed by atoms with E-state index in [0.29, 0.717) is 12.0 Å². The summed E-state index contributed by atoms with van der Waals surface area (Å²) in [6.07, 6.45) is 7.08. The van der Waals surface area contributed by atoms with Crippen molar-refractivity contribution in [3.63, 3.8) is 0 Å². The summed E-state index contributed by atoms with van der Waals surface area (Å²) in [7, 11) is 0. The average Bonchev–Trinajstić information content (AvgIpc) is 2.20. The molecule has 0 aromatic rings. The molecule has 2 unspecified atom stereocenters. The van der Waals surface area contributed by atoms with Gasteiger partial charge in [0.2, 0.25) is 0 Å². The Morgan fingerprint density at radius 3 is 2.05 bits per heavy atom. The number of ether oxygens (including phenoxy) is 1. The number of hydrogen-bond donors (Lipinski definition) is 1. The highest BCUT2D eigenvalue weighted by Crippen LogP contribution is 2.68. The molecule has 4 rings (SSSR count). The Balaban J connectivity index is 1.92. The number of aliphatic hydroxyl groups is 1. The van der Waals surface area contributed by atoms with Crippen LogP contribution in [-0.2, 0) is 9.53 Å². The highest BCUT2D eigenvalue weighted by atomic mass is 16.6. The van der Waals surface area contributed by atoms with Crippen molar-refractivity contribution in [3.05, 3.63) is 11.6 Å². The quantitative estimate of drug-likeness (QED) is 0.622. The van der Waals surface area contributed by atoms with E-state index in [1.807, 2.05) is 6.92 Å². The van der Waals surface area contributed by atoms with Gasteiger partial charge in [0.15, 0.2) is 0 Å². The van der Waals surface area contributed by atoms with Gasteiger partial charge < -0.3 is 9.84 Å². The summed E-state index contributed by atoms with van der Waals surface area (Å²) < 4.78 is 5.93. The third-order valence-corrected chi connectivity index (χ3v) is 5.58. The molecule has 0 amide bonds. The largest absolute Gasteiger partial charge is 0.456 e. The number of carbonyl (C=O) groups is 1. The van der Waals surface area contributed by atoms with Crippen LogP contribution in [-0.4, -0.2) is 22.3 Å². The van der Waals surface area contributed by atoms with Gasteiger partial charge in [-0.25, -0.2) is 4.79 Å². The van der Waals surface area contributed by atoms with Crippen molar-refractivity contribution in [2.24, 2.45) is 10.8 Å². The highest BCUT2D eigenvalue weighted by Gasteiger charge is 2.66. The molecule has 0 aromatic carbocycles. The SMILES string of the molecule is CC=C(C)C(=O)OC12CC3(C)CC(C)(CC(O)(C3)C1)C2. The van der Waals surface area contributed by atoms with Crippen LogP contribution in [0.25, 0.3) is 0 Å². The van der Waals surface area contributed by atoms with E-state index in [2.05, 4.69) is 13.8 Å². The van der Waals surface area contributed by atoms with Crippen molar-refractivity contribution < 1.29 is 14.6 Å². The minimum absolute atomic E-state index is 0.113. The summed E-state index contributed by atoms with van der Waals surface area (Å²) in [6, 6.07) is 0. The van der Waals surface area contributed by atoms with E-state index < -0.39 is 11.2 Å². The third kappa shape index (κ3) is 2.11. The molecule has 1 N–H and O–H groups in total. The summed E-state index contributed by atoms with van der Waals surface area (Å²) >= 11 is 0. The molecule has 4 saturated carbocycles. The maximum Gasteiger partial charge on any atom is 0.333 e. The second kappa shape index (κ2) is 3.88. The molecule has 0 aliphatic heterocycles. The Kier molecular flexibility index (Phi) is 2.74. The molecule has 20 heavy (non-hydrogen) atoms. The van der Waals surface area contributed by atoms with Gasteiger partial charge in [-0.1, -0.05) is 19.9 Å². The zero-order valence-electron chi connectivity index (χ0n) is 13.1. The van der Waals surface area contributed by atoms with Crippen molar-refractivity contribution in [2.75, 3.05) is 0 Å². The molecule has 0 spiro atoms. The Morgan fingerprint density at radius 1 is 1.05 bits per heavy atom. The normalized spacial score (nSPS) is 50.4. The molecule has 0 saturated heterocycles. The van der Waals surface area contributed by atoms with Crippen LogP contribution in [0.15, 0.2) is 11.6 Å². The zero-order chi connectivity index (χ0) is 14.8. The molecule has 3 nitrogen and oxygen atoms in total. The van der Waals surface area contributed by atoms with E-state index in [0.717, 1.165) is 32.1 Å². The smallest absolute Gasteiger partial charge is 0.333 e. The van der Waals surface area contributed by atoms with Crippen LogP contribution in [0.2, 0.25) is 0 Å². The summed E-state index contributed by atoms with van der Waals surface area (Å²) in [6.45, 7) is 8.14. The third-order valence-electron chi connectivity index (χ3n) is 5.58. The predicted molar refractivity (Wildman–Crippen MR) is 77.1 cm³/mol. The molecular formula is C17H26O3. The van der Waals surface area contributed by atoms with Crippen molar-refractivity contribution in [3.8, 4) is 0 Å². The number of rotatable bonds is 2. The fraction of sp³-hybridized carbons (Fsp3) is 0.824. The minimum atomic E-state index is -0.637. The van der Waals surface area contributed by atoms with Crippen LogP contribution in [0.4, 0.5) is 0 Å². The summed E-state index contributed by atoms with van der Waals surface area (Å²) in [4.78, 5) is 12.2. The Labute approximate surface area is 121 Å². The topological polar surface area (TPSA) is 46.5 Å². The molecule has 2 atom stereocenters. The average molecular weight is 278 g/mol. The van der Waals surface area contributed by atoms with Gasteiger partial charge in [0, 0.05) is 12.0 Å². The van der Waals surface area contributed by atoms with Crippen molar-refractivity contribution in [1.29, 1.82) is 0 Å². The molecular weight excluding hydrogens is 252 g/mol. The first-order valence-corrected chi connectivity index (χ1v) is 7.69. The lowest BCUT2D eigenvalue weighted by molar-refractivity contribution is -0.258. The molecule has 0 radical (unpaired) electrons. The number of carbonyl (C=O) groups excluding carboxylic acids is 1. The van der Waals surface area contributed by atoms with Gasteiger partial charge in [-0.05, 0) is 56.8 Å². The maximum atomic E-state index is 12.2. The molecule has 4 bridgehead atoms. The van der Waals surface area contributed by atoms with Gasteiger partial charge >= 0.3 is 5.97 Å². The van der Waals surface area contributed by atoms with Crippen molar-refractivity contribution in [2.45, 2.75) is 77.4 Å². The standard InChI is InChI=1S/C17H26O3/c1-5-12(2)13(18)20-17-9-14(3)6-15(4,10-17)8-16(19,7-14)11-17/h5,19H,6-11H2,1-4H3. The Hall–Kier alpha value is -0.830. The van der Waals surface area contributed by atoms with Gasteiger partial charge in [0.25, 0.3) is 0 Å². The van der Waals surface area contributed by atoms with E-state index >= 15 is 0 Å². The molecule has 3 heteroatoms. The summed E-state index contributed by atoms with van der Waals surface area (Å²) in [5, 5.41) is 10.9. The lowest BCUT2D eigenvalue weighted by Crippen LogP contribution is -2.66. The number of esters is 1. The molecule has 112 valence electrons. The zero-order valence-corrected chi connectivity index (χ0v) is 13.1. The lowest BCUT2D eigenvalue weighted by atomic mass is 9.42. The Bertz CT molecular complexity index is 437. The number of hydrogen-bond acceptors (Lipinski definition) is 3. The van der Waals surface area contributed by atoms with Crippen LogP contribution in [0.5, 0.6) is 0 Å². The second-order valence-electron chi connectivity index (χ2n) is 8.45. The van der Waals surface area contributed by atoms with E-state index in [4.69, 9.17) is 4.74 Å². The second-order valence-corrected chi connectivity index (χ2v) is 8.45. The van der Waals surface area contributed by atoms with Gasteiger partial charge in [-0.2, -0.15) is 0 Å². The summed E-state index contributed by atoms with van der Waals surface area (Å²) in [5.41, 5.74) is -0.204. The van der Waals surface area contributed by atoms with Crippen LogP contribution in [0.3, 0.4) is 0 Å². The van der Waals surface area contributed by atoms with E-state index in [1.165, 1.54) is 0 Å². The first kappa shape index (κ1) is 14.1. The fourth-order valence-electron chi connectivity index (χ4n) is 6.03. The van der Waals surface area contributed by atoms with E-state index in [-0.39, 0.29) is 16.8 Å². The predicted octanol–water partition coefficient (Wildman–Crippen LogP) is 3.36. The monoisotopic (exact) mass is 278 g/mol. The molecule has 0 aromatic heterocycles. The highest BCUT2D eigenvalue weighted by molar-refractivity contribution is 5.88. The molecule has 4 aliphatic carbocycles. The van der Waals surface area contributed by atoms with Crippen molar-refractivity contribution >= 4 is 5.97 Å². The van der Waals surface area contributed by atoms with Crippen LogP contribution >= 0.6 is 0 Å².